The first kappa shape index (κ1) is 23.5. The number of anilines is 3. The van der Waals surface area contributed by atoms with Crippen molar-refractivity contribution in [3.05, 3.63) is 36.2 Å². The predicted octanol–water partition coefficient (Wildman–Crippen LogP) is 2.33. The summed E-state index contributed by atoms with van der Waals surface area (Å²) in [4.78, 5) is 26.1. The lowest BCUT2D eigenvalue weighted by Gasteiger charge is -2.24. The third-order valence-corrected chi connectivity index (χ3v) is 4.26. The van der Waals surface area contributed by atoms with Crippen LogP contribution in [-0.2, 0) is 9.59 Å². The van der Waals surface area contributed by atoms with Crippen LogP contribution in [0.2, 0.25) is 0 Å². The predicted molar refractivity (Wildman–Crippen MR) is 117 cm³/mol. The Hall–Kier alpha value is -3.73. The number of H-pyrrole nitrogens is 1. The van der Waals surface area contributed by atoms with Crippen molar-refractivity contribution in [3.63, 3.8) is 0 Å². The highest BCUT2D eigenvalue weighted by molar-refractivity contribution is 5.86. The summed E-state index contributed by atoms with van der Waals surface area (Å²) < 4.78 is 0. The van der Waals surface area contributed by atoms with Crippen molar-refractivity contribution in [1.82, 2.24) is 25.5 Å². The molecule has 11 nitrogen and oxygen atoms in total. The van der Waals surface area contributed by atoms with E-state index in [9.17, 15) is 0 Å². The summed E-state index contributed by atoms with van der Waals surface area (Å²) in [5.41, 5.74) is 9.04. The van der Waals surface area contributed by atoms with Crippen LogP contribution in [0.25, 0.3) is 10.9 Å². The fraction of sp³-hybridized carbons (Fsp3) is 0.350. The van der Waals surface area contributed by atoms with Crippen LogP contribution < -0.4 is 16.4 Å². The molecule has 0 spiro atoms. The zero-order valence-electron chi connectivity index (χ0n) is 17.4. The Bertz CT molecular complexity index is 996. The van der Waals surface area contributed by atoms with Crippen LogP contribution in [0.3, 0.4) is 0 Å². The van der Waals surface area contributed by atoms with Gasteiger partial charge in [-0.15, -0.1) is 0 Å². The largest absolute Gasteiger partial charge is 0.481 e. The van der Waals surface area contributed by atoms with Gasteiger partial charge in [0.05, 0.1) is 11.7 Å². The van der Waals surface area contributed by atoms with Gasteiger partial charge in [-0.2, -0.15) is 10.1 Å². The molecule has 1 saturated heterocycles. The number of aromatic amines is 1. The number of piperidine rings is 1. The first-order valence-electron chi connectivity index (χ1n) is 9.68. The first-order chi connectivity index (χ1) is 14.8. The highest BCUT2D eigenvalue weighted by atomic mass is 16.4. The second-order valence-electron chi connectivity index (χ2n) is 6.91. The summed E-state index contributed by atoms with van der Waals surface area (Å²) >= 11 is 0. The number of fused-ring (bicyclic) bond motifs is 1. The molecule has 11 heteroatoms. The third-order valence-electron chi connectivity index (χ3n) is 4.26. The first-order valence-corrected chi connectivity index (χ1v) is 9.68. The maximum atomic E-state index is 9.00. The molecule has 3 heterocycles. The molecule has 166 valence electrons. The minimum absolute atomic E-state index is 0.260. The number of carboxylic acids is 2. The Morgan fingerprint density at radius 1 is 1.23 bits per heavy atom. The monoisotopic (exact) mass is 429 g/mol. The van der Waals surface area contributed by atoms with E-state index in [-0.39, 0.29) is 5.95 Å². The molecule has 0 aliphatic carbocycles. The Balaban J connectivity index is 0.000000370. The minimum atomic E-state index is -0.833. The Morgan fingerprint density at radius 3 is 2.55 bits per heavy atom. The highest BCUT2D eigenvalue weighted by Crippen LogP contribution is 2.32. The van der Waals surface area contributed by atoms with E-state index in [1.54, 1.807) is 12.3 Å². The van der Waals surface area contributed by atoms with Crippen molar-refractivity contribution in [3.8, 4) is 0 Å². The van der Waals surface area contributed by atoms with E-state index in [1.807, 2.05) is 6.20 Å². The van der Waals surface area contributed by atoms with E-state index in [0.717, 1.165) is 43.5 Å². The molecular formula is C20H27N7O4. The maximum Gasteiger partial charge on any atom is 0.300 e. The van der Waals surface area contributed by atoms with Crippen molar-refractivity contribution >= 4 is 40.3 Å². The number of nitrogens with one attached hydrogen (secondary N) is 3. The molecule has 1 aliphatic heterocycles. The number of nitrogens with zero attached hydrogens (tertiary/aromatic N) is 3. The lowest BCUT2D eigenvalue weighted by molar-refractivity contribution is -0.135. The highest BCUT2D eigenvalue weighted by Gasteiger charge is 2.19. The zero-order chi connectivity index (χ0) is 22.8. The summed E-state index contributed by atoms with van der Waals surface area (Å²) in [6.45, 7) is 4.26. The summed E-state index contributed by atoms with van der Waals surface area (Å²) in [6.07, 6.45) is 5.88. The topological polar surface area (TPSA) is 179 Å². The molecule has 1 aromatic carbocycles. The molecule has 1 atom stereocenters. The molecule has 1 aliphatic rings. The number of rotatable bonds is 3. The van der Waals surface area contributed by atoms with Crippen LogP contribution >= 0.6 is 0 Å². The number of benzene rings is 1. The van der Waals surface area contributed by atoms with E-state index < -0.39 is 11.9 Å². The van der Waals surface area contributed by atoms with Gasteiger partial charge in [0.15, 0.2) is 0 Å². The SMILES string of the molecule is CC(=O)O.CC(=O)O.Nc1nccc(Nc2cc(C3CCCNC3)c3[nH]ncc3c2)n1. The Kier molecular flexibility index (Phi) is 8.70. The number of hydrogen-bond acceptors (Lipinski definition) is 8. The molecule has 1 unspecified atom stereocenters. The van der Waals surface area contributed by atoms with Gasteiger partial charge in [0.1, 0.15) is 5.82 Å². The fourth-order valence-electron chi connectivity index (χ4n) is 3.19. The average Bonchev–Trinajstić information content (AvgIpc) is 3.16. The number of carbonyl (C=O) groups is 2. The van der Waals surface area contributed by atoms with E-state index >= 15 is 0 Å². The summed E-state index contributed by atoms with van der Waals surface area (Å²) in [5, 5.41) is 30.1. The van der Waals surface area contributed by atoms with E-state index in [2.05, 4.69) is 42.9 Å². The Labute approximate surface area is 179 Å². The summed E-state index contributed by atoms with van der Waals surface area (Å²) in [6, 6.07) is 6.05. The number of carboxylic acid groups (broad SMARTS) is 2. The van der Waals surface area contributed by atoms with Gasteiger partial charge < -0.3 is 26.6 Å². The number of nitrogens with two attached hydrogens (primary N) is 1. The van der Waals surface area contributed by atoms with E-state index in [0.29, 0.717) is 11.7 Å². The molecule has 7 N–H and O–H groups in total. The van der Waals surface area contributed by atoms with Gasteiger partial charge in [-0.25, -0.2) is 4.98 Å². The van der Waals surface area contributed by atoms with Crippen LogP contribution in [0.4, 0.5) is 17.5 Å². The van der Waals surface area contributed by atoms with Crippen LogP contribution in [0.1, 0.15) is 38.2 Å². The molecule has 0 amide bonds. The Morgan fingerprint density at radius 2 is 1.94 bits per heavy atom. The van der Waals surface area contributed by atoms with Crippen molar-refractivity contribution < 1.29 is 19.8 Å². The minimum Gasteiger partial charge on any atom is -0.481 e. The van der Waals surface area contributed by atoms with Gasteiger partial charge in [-0.1, -0.05) is 0 Å². The maximum absolute atomic E-state index is 9.00. The molecular weight excluding hydrogens is 402 g/mol. The van der Waals surface area contributed by atoms with E-state index in [1.165, 1.54) is 18.4 Å². The molecule has 0 saturated carbocycles. The van der Waals surface area contributed by atoms with E-state index in [4.69, 9.17) is 25.5 Å². The smallest absolute Gasteiger partial charge is 0.300 e. The van der Waals surface area contributed by atoms with Crippen molar-refractivity contribution in [2.45, 2.75) is 32.6 Å². The van der Waals surface area contributed by atoms with Gasteiger partial charge in [0.25, 0.3) is 11.9 Å². The van der Waals surface area contributed by atoms with Gasteiger partial charge in [-0.05, 0) is 49.1 Å². The third kappa shape index (κ3) is 7.90. The molecule has 1 fully saturated rings. The van der Waals surface area contributed by atoms with Crippen LogP contribution in [0, 0.1) is 0 Å². The lowest BCUT2D eigenvalue weighted by atomic mass is 9.90. The number of nitrogen functional groups attached to an aromatic ring is 1. The standard InChI is InChI=1S/C16H19N7.2C2H4O2/c17-16-19-5-3-14(22-16)21-12-6-11-9-20-23-15(11)13(7-12)10-2-1-4-18-8-10;2*1-2(3)4/h3,5-7,9-10,18H,1-2,4,8H2,(H,20,23)(H3,17,19,21,22);2*1H3,(H,3,4). The molecule has 0 radical (unpaired) electrons. The average molecular weight is 429 g/mol. The lowest BCUT2D eigenvalue weighted by Crippen LogP contribution is -2.28. The van der Waals surface area contributed by atoms with Gasteiger partial charge >= 0.3 is 0 Å². The van der Waals surface area contributed by atoms with Crippen molar-refractivity contribution in [2.75, 3.05) is 24.1 Å². The normalized spacial score (nSPS) is 15.1. The van der Waals surface area contributed by atoms with Gasteiger partial charge in [-0.3, -0.25) is 14.7 Å². The zero-order valence-corrected chi connectivity index (χ0v) is 17.4. The fourth-order valence-corrected chi connectivity index (χ4v) is 3.19. The summed E-state index contributed by atoms with van der Waals surface area (Å²) in [5.74, 6) is -0.229. The van der Waals surface area contributed by atoms with Crippen LogP contribution in [0.15, 0.2) is 30.6 Å². The molecule has 0 bridgehead atoms. The molecule has 4 rings (SSSR count). The summed E-state index contributed by atoms with van der Waals surface area (Å²) in [7, 11) is 0. The van der Waals surface area contributed by atoms with Crippen LogP contribution in [0.5, 0.6) is 0 Å². The molecule has 31 heavy (non-hydrogen) atoms. The van der Waals surface area contributed by atoms with Crippen LogP contribution in [-0.4, -0.2) is 55.4 Å². The molecule has 3 aromatic rings. The second-order valence-corrected chi connectivity index (χ2v) is 6.91. The van der Waals surface area contributed by atoms with Gasteiger partial charge in [0.2, 0.25) is 5.95 Å². The quantitative estimate of drug-likeness (QED) is 0.362. The van der Waals surface area contributed by atoms with Crippen molar-refractivity contribution in [2.24, 2.45) is 0 Å². The second kappa shape index (κ2) is 11.5. The molecule has 2 aromatic heterocycles. The van der Waals surface area contributed by atoms with Crippen molar-refractivity contribution in [1.29, 1.82) is 0 Å². The number of aliphatic carboxylic acids is 2. The van der Waals surface area contributed by atoms with Gasteiger partial charge in [0, 0.05) is 37.7 Å². The number of aromatic nitrogens is 4. The number of hydrogen-bond donors (Lipinski definition) is 6.